The molecule has 2 unspecified atom stereocenters. The Morgan fingerprint density at radius 2 is 2.12 bits per heavy atom. The number of aromatic hydroxyl groups is 1. The maximum absolute atomic E-state index is 14.2. The highest BCUT2D eigenvalue weighted by Crippen LogP contribution is 2.31. The molecular formula is C13H18FNO. The summed E-state index contributed by atoms with van der Waals surface area (Å²) in [6, 6.07) is 7.03. The summed E-state index contributed by atoms with van der Waals surface area (Å²) < 4.78 is 14.2. The molecule has 0 amide bonds. The van der Waals surface area contributed by atoms with Crippen molar-refractivity contribution in [1.29, 1.82) is 0 Å². The van der Waals surface area contributed by atoms with E-state index in [4.69, 9.17) is 0 Å². The molecule has 2 rings (SSSR count). The summed E-state index contributed by atoms with van der Waals surface area (Å²) in [5.41, 5.74) is -0.00117. The van der Waals surface area contributed by atoms with Gasteiger partial charge < -0.3 is 10.4 Å². The normalized spacial score (nSPS) is 30.2. The molecule has 16 heavy (non-hydrogen) atoms. The molecule has 1 fully saturated rings. The van der Waals surface area contributed by atoms with Crippen molar-refractivity contribution in [2.45, 2.75) is 25.4 Å². The summed E-state index contributed by atoms with van der Waals surface area (Å²) in [5, 5.41) is 12.4. The molecule has 2 atom stereocenters. The van der Waals surface area contributed by atoms with Crippen molar-refractivity contribution >= 4 is 0 Å². The van der Waals surface area contributed by atoms with E-state index in [0.717, 1.165) is 25.1 Å². The smallest absolute Gasteiger partial charge is 0.115 e. The number of benzene rings is 1. The molecule has 0 radical (unpaired) electrons. The van der Waals surface area contributed by atoms with Crippen LogP contribution in [0.3, 0.4) is 0 Å². The highest BCUT2D eigenvalue weighted by atomic mass is 19.1. The van der Waals surface area contributed by atoms with Crippen LogP contribution in [-0.4, -0.2) is 23.9 Å². The Kier molecular flexibility index (Phi) is 3.15. The van der Waals surface area contributed by atoms with Crippen LogP contribution in [0.4, 0.5) is 4.39 Å². The average Bonchev–Trinajstić information content (AvgIpc) is 2.24. The zero-order chi connectivity index (χ0) is 11.6. The molecule has 3 heteroatoms. The SMILES string of the molecule is CC1(F)CCNCC1Cc1ccc(O)cc1. The second-order valence-electron chi connectivity index (χ2n) is 4.80. The van der Waals surface area contributed by atoms with Gasteiger partial charge in [-0.3, -0.25) is 0 Å². The summed E-state index contributed by atoms with van der Waals surface area (Å²) in [7, 11) is 0. The third-order valence-corrected chi connectivity index (χ3v) is 3.45. The van der Waals surface area contributed by atoms with Gasteiger partial charge in [-0.05, 0) is 44.0 Å². The fraction of sp³-hybridized carbons (Fsp3) is 0.538. The monoisotopic (exact) mass is 223 g/mol. The van der Waals surface area contributed by atoms with E-state index in [1.807, 2.05) is 12.1 Å². The van der Waals surface area contributed by atoms with Crippen molar-refractivity contribution in [3.8, 4) is 5.75 Å². The number of nitrogens with one attached hydrogen (secondary N) is 1. The Bertz CT molecular complexity index is 347. The van der Waals surface area contributed by atoms with Gasteiger partial charge in [0.2, 0.25) is 0 Å². The van der Waals surface area contributed by atoms with Crippen molar-refractivity contribution in [3.63, 3.8) is 0 Å². The maximum Gasteiger partial charge on any atom is 0.115 e. The molecule has 0 bridgehead atoms. The minimum absolute atomic E-state index is 0.0193. The molecule has 2 nitrogen and oxygen atoms in total. The Labute approximate surface area is 95.5 Å². The van der Waals surface area contributed by atoms with Crippen LogP contribution in [0.1, 0.15) is 18.9 Å². The number of halogens is 1. The Morgan fingerprint density at radius 3 is 2.75 bits per heavy atom. The van der Waals surface area contributed by atoms with Gasteiger partial charge in [0, 0.05) is 12.5 Å². The van der Waals surface area contributed by atoms with Crippen molar-refractivity contribution in [2.75, 3.05) is 13.1 Å². The summed E-state index contributed by atoms with van der Waals surface area (Å²) in [5.74, 6) is 0.277. The number of phenolic OH excluding ortho intramolecular Hbond substituents is 1. The molecule has 1 aromatic carbocycles. The summed E-state index contributed by atoms with van der Waals surface area (Å²) in [4.78, 5) is 0. The lowest BCUT2D eigenvalue weighted by Gasteiger charge is -2.35. The van der Waals surface area contributed by atoms with E-state index >= 15 is 0 Å². The third kappa shape index (κ3) is 2.53. The highest BCUT2D eigenvalue weighted by molar-refractivity contribution is 5.26. The molecule has 2 N–H and O–H groups in total. The van der Waals surface area contributed by atoms with Gasteiger partial charge >= 0.3 is 0 Å². The second-order valence-corrected chi connectivity index (χ2v) is 4.80. The lowest BCUT2D eigenvalue weighted by atomic mass is 9.81. The van der Waals surface area contributed by atoms with Gasteiger partial charge in [0.25, 0.3) is 0 Å². The molecule has 0 spiro atoms. The number of piperidine rings is 1. The number of alkyl halides is 1. The van der Waals surface area contributed by atoms with E-state index in [9.17, 15) is 9.50 Å². The third-order valence-electron chi connectivity index (χ3n) is 3.45. The van der Waals surface area contributed by atoms with Gasteiger partial charge in [0.05, 0.1) is 0 Å². The van der Waals surface area contributed by atoms with Crippen LogP contribution < -0.4 is 5.32 Å². The van der Waals surface area contributed by atoms with Crippen LogP contribution in [0, 0.1) is 5.92 Å². The van der Waals surface area contributed by atoms with Crippen LogP contribution in [0.15, 0.2) is 24.3 Å². The summed E-state index contributed by atoms with van der Waals surface area (Å²) in [6.07, 6.45) is 1.30. The van der Waals surface area contributed by atoms with Crippen LogP contribution in [0.5, 0.6) is 5.75 Å². The molecule has 1 aliphatic rings. The molecule has 0 aromatic heterocycles. The lowest BCUT2D eigenvalue weighted by molar-refractivity contribution is 0.0676. The van der Waals surface area contributed by atoms with Gasteiger partial charge in [-0.2, -0.15) is 0 Å². The Morgan fingerprint density at radius 1 is 1.44 bits per heavy atom. The van der Waals surface area contributed by atoms with Crippen LogP contribution >= 0.6 is 0 Å². The van der Waals surface area contributed by atoms with E-state index in [2.05, 4.69) is 5.32 Å². The topological polar surface area (TPSA) is 32.3 Å². The quantitative estimate of drug-likeness (QED) is 0.806. The van der Waals surface area contributed by atoms with Crippen molar-refractivity contribution in [1.82, 2.24) is 5.32 Å². The van der Waals surface area contributed by atoms with Crippen molar-refractivity contribution < 1.29 is 9.50 Å². The van der Waals surface area contributed by atoms with Crippen molar-refractivity contribution in [2.24, 2.45) is 5.92 Å². The largest absolute Gasteiger partial charge is 0.508 e. The lowest BCUT2D eigenvalue weighted by Crippen LogP contribution is -2.46. The number of phenols is 1. The molecule has 0 aliphatic carbocycles. The molecule has 1 aromatic rings. The van der Waals surface area contributed by atoms with E-state index in [1.165, 1.54) is 0 Å². The highest BCUT2D eigenvalue weighted by Gasteiger charge is 2.36. The zero-order valence-corrected chi connectivity index (χ0v) is 9.54. The molecule has 0 saturated carbocycles. The second kappa shape index (κ2) is 4.42. The van der Waals surface area contributed by atoms with Crippen molar-refractivity contribution in [3.05, 3.63) is 29.8 Å². The minimum atomic E-state index is -1.08. The summed E-state index contributed by atoms with van der Waals surface area (Å²) >= 11 is 0. The summed E-state index contributed by atoms with van der Waals surface area (Å²) in [6.45, 7) is 3.19. The van der Waals surface area contributed by atoms with E-state index in [1.54, 1.807) is 19.1 Å². The minimum Gasteiger partial charge on any atom is -0.508 e. The first kappa shape index (κ1) is 11.4. The fourth-order valence-corrected chi connectivity index (χ4v) is 2.23. The number of rotatable bonds is 2. The first-order chi connectivity index (χ1) is 7.58. The van der Waals surface area contributed by atoms with E-state index in [-0.39, 0.29) is 11.7 Å². The molecular weight excluding hydrogens is 205 g/mol. The van der Waals surface area contributed by atoms with E-state index < -0.39 is 5.67 Å². The fourth-order valence-electron chi connectivity index (χ4n) is 2.23. The molecule has 1 aliphatic heterocycles. The predicted molar refractivity (Wildman–Crippen MR) is 62.3 cm³/mol. The van der Waals surface area contributed by atoms with Gasteiger partial charge in [-0.1, -0.05) is 12.1 Å². The predicted octanol–water partition coefficient (Wildman–Crippen LogP) is 2.27. The Hall–Kier alpha value is -1.09. The van der Waals surface area contributed by atoms with Gasteiger partial charge in [0.1, 0.15) is 11.4 Å². The first-order valence-electron chi connectivity index (χ1n) is 5.75. The van der Waals surface area contributed by atoms with Crippen LogP contribution in [0.2, 0.25) is 0 Å². The van der Waals surface area contributed by atoms with Crippen LogP contribution in [0.25, 0.3) is 0 Å². The average molecular weight is 223 g/mol. The standard InChI is InChI=1S/C13H18FNO/c1-13(14)6-7-15-9-11(13)8-10-2-4-12(16)5-3-10/h2-5,11,15-16H,6-9H2,1H3. The number of hydrogen-bond acceptors (Lipinski definition) is 2. The Balaban J connectivity index is 2.05. The number of hydrogen-bond donors (Lipinski definition) is 2. The first-order valence-corrected chi connectivity index (χ1v) is 5.75. The molecule has 1 saturated heterocycles. The van der Waals surface area contributed by atoms with Gasteiger partial charge in [-0.15, -0.1) is 0 Å². The molecule has 88 valence electrons. The van der Waals surface area contributed by atoms with Gasteiger partial charge in [0.15, 0.2) is 0 Å². The van der Waals surface area contributed by atoms with Gasteiger partial charge in [-0.25, -0.2) is 4.39 Å². The van der Waals surface area contributed by atoms with E-state index in [0.29, 0.717) is 6.42 Å². The maximum atomic E-state index is 14.2. The molecule has 1 heterocycles. The van der Waals surface area contributed by atoms with Crippen LogP contribution in [-0.2, 0) is 6.42 Å². The zero-order valence-electron chi connectivity index (χ0n) is 9.54.